The van der Waals surface area contributed by atoms with Crippen LogP contribution in [0.2, 0.25) is 0 Å². The smallest absolute Gasteiger partial charge is 0.252 e. The molecule has 0 saturated carbocycles. The average molecular weight is 491 g/mol. The third kappa shape index (κ3) is 4.09. The molecule has 35 heavy (non-hydrogen) atoms. The fourth-order valence-corrected chi connectivity index (χ4v) is 5.94. The molecule has 5 heterocycles. The molecule has 1 aliphatic rings. The molecule has 1 saturated heterocycles. The zero-order chi connectivity index (χ0) is 24.7. The lowest BCUT2D eigenvalue weighted by Crippen LogP contribution is -2.58. The Labute approximate surface area is 208 Å². The number of nitriles is 1. The molecule has 0 aliphatic carbocycles. The fourth-order valence-electron chi connectivity index (χ4n) is 5.26. The highest BCUT2D eigenvalue weighted by molar-refractivity contribution is 7.16. The molecule has 4 aromatic heterocycles. The van der Waals surface area contributed by atoms with Crippen LogP contribution in [0, 0.1) is 11.3 Å². The molecule has 0 N–H and O–H groups in total. The monoisotopic (exact) mass is 490 g/mol. The standard InChI is InChI=1S/C25H30N8OS/c1-5-18-13-33(20-10-23(34)30(4)21-14-31(8-7-26)29-24(20)21)19(6-2)12-32(18)16(3)17-9-22-25(27-11-17)28-15-35-22/h9-11,14-16,18-19H,5-6,8,12-13H2,1-4H3/t16?,18-,19+/m1/s1. The van der Waals surface area contributed by atoms with Gasteiger partial charge in [-0.1, -0.05) is 13.8 Å². The number of hydrogen-bond donors (Lipinski definition) is 0. The lowest BCUT2D eigenvalue weighted by molar-refractivity contribution is 0.101. The number of nitrogens with zero attached hydrogens (tertiary/aromatic N) is 8. The summed E-state index contributed by atoms with van der Waals surface area (Å²) in [5, 5.41) is 13.8. The summed E-state index contributed by atoms with van der Waals surface area (Å²) in [7, 11) is 1.76. The maximum absolute atomic E-state index is 12.9. The van der Waals surface area contributed by atoms with Crippen molar-refractivity contribution in [2.75, 3.05) is 18.0 Å². The Bertz CT molecular complexity index is 1460. The molecule has 1 aliphatic heterocycles. The van der Waals surface area contributed by atoms with Crippen molar-refractivity contribution >= 4 is 38.4 Å². The number of aryl methyl sites for hydroxylation is 1. The normalized spacial score (nSPS) is 19.9. The van der Waals surface area contributed by atoms with Crippen LogP contribution in [0.3, 0.4) is 0 Å². The van der Waals surface area contributed by atoms with E-state index in [1.807, 2.05) is 11.7 Å². The molecule has 9 nitrogen and oxygen atoms in total. The van der Waals surface area contributed by atoms with Crippen LogP contribution < -0.4 is 10.5 Å². The summed E-state index contributed by atoms with van der Waals surface area (Å²) >= 11 is 1.62. The second kappa shape index (κ2) is 9.40. The average Bonchev–Trinajstić information content (AvgIpc) is 3.52. The van der Waals surface area contributed by atoms with E-state index in [9.17, 15) is 4.79 Å². The highest BCUT2D eigenvalue weighted by Crippen LogP contribution is 2.35. The first kappa shape index (κ1) is 23.5. The van der Waals surface area contributed by atoms with Gasteiger partial charge < -0.3 is 9.47 Å². The van der Waals surface area contributed by atoms with E-state index in [-0.39, 0.29) is 24.2 Å². The third-order valence-corrected chi connectivity index (χ3v) is 8.11. The second-order valence-corrected chi connectivity index (χ2v) is 10.1. The Morgan fingerprint density at radius 2 is 2.00 bits per heavy atom. The second-order valence-electron chi connectivity index (χ2n) is 9.24. The molecular weight excluding hydrogens is 460 g/mol. The van der Waals surface area contributed by atoms with Crippen molar-refractivity contribution in [3.05, 3.63) is 46.0 Å². The van der Waals surface area contributed by atoms with Gasteiger partial charge in [-0.05, 0) is 31.4 Å². The van der Waals surface area contributed by atoms with Gasteiger partial charge in [-0.3, -0.25) is 14.4 Å². The topological polar surface area (TPSA) is 95.9 Å². The Kier molecular flexibility index (Phi) is 6.30. The van der Waals surface area contributed by atoms with Gasteiger partial charge in [-0.2, -0.15) is 10.4 Å². The molecule has 182 valence electrons. The van der Waals surface area contributed by atoms with Crippen molar-refractivity contribution in [2.24, 2.45) is 7.05 Å². The number of fused-ring (bicyclic) bond motifs is 2. The Morgan fingerprint density at radius 3 is 2.74 bits per heavy atom. The van der Waals surface area contributed by atoms with E-state index in [0.717, 1.165) is 53.0 Å². The minimum Gasteiger partial charge on any atom is -0.364 e. The Balaban J connectivity index is 1.51. The highest BCUT2D eigenvalue weighted by Gasteiger charge is 2.36. The van der Waals surface area contributed by atoms with Gasteiger partial charge in [0.2, 0.25) is 0 Å². The zero-order valence-corrected chi connectivity index (χ0v) is 21.4. The molecule has 4 aromatic rings. The van der Waals surface area contributed by atoms with Gasteiger partial charge in [-0.25, -0.2) is 9.97 Å². The first-order chi connectivity index (χ1) is 16.9. The van der Waals surface area contributed by atoms with Crippen LogP contribution in [-0.2, 0) is 13.6 Å². The molecule has 0 bridgehead atoms. The summed E-state index contributed by atoms with van der Waals surface area (Å²) in [5.41, 5.74) is 6.18. The van der Waals surface area contributed by atoms with Gasteiger partial charge in [0, 0.05) is 50.5 Å². The number of hydrogen-bond acceptors (Lipinski definition) is 8. The molecule has 0 amide bonds. The van der Waals surface area contributed by atoms with Crippen molar-refractivity contribution in [3.8, 4) is 6.07 Å². The first-order valence-electron chi connectivity index (χ1n) is 12.1. The summed E-state index contributed by atoms with van der Waals surface area (Å²) in [4.78, 5) is 26.7. The molecule has 3 atom stereocenters. The minimum atomic E-state index is -0.0633. The van der Waals surface area contributed by atoms with E-state index >= 15 is 0 Å². The summed E-state index contributed by atoms with van der Waals surface area (Å²) < 4.78 is 4.34. The predicted octanol–water partition coefficient (Wildman–Crippen LogP) is 3.70. The molecular formula is C25H30N8OS. The molecule has 0 spiro atoms. The lowest BCUT2D eigenvalue weighted by atomic mass is 9.97. The predicted molar refractivity (Wildman–Crippen MR) is 139 cm³/mol. The van der Waals surface area contributed by atoms with Crippen LogP contribution in [0.4, 0.5) is 5.69 Å². The number of anilines is 1. The molecule has 10 heteroatoms. The van der Waals surface area contributed by atoms with Gasteiger partial charge in [0.05, 0.1) is 33.7 Å². The van der Waals surface area contributed by atoms with Crippen LogP contribution in [-0.4, -0.2) is 54.4 Å². The van der Waals surface area contributed by atoms with E-state index in [0.29, 0.717) is 6.04 Å². The van der Waals surface area contributed by atoms with Crippen molar-refractivity contribution in [2.45, 2.75) is 58.3 Å². The van der Waals surface area contributed by atoms with E-state index in [1.54, 1.807) is 39.9 Å². The number of rotatable bonds is 6. The van der Waals surface area contributed by atoms with E-state index in [2.05, 4.69) is 52.7 Å². The van der Waals surface area contributed by atoms with Crippen LogP contribution in [0.25, 0.3) is 21.4 Å². The summed E-state index contributed by atoms with van der Waals surface area (Å²) in [6.07, 6.45) is 5.69. The van der Waals surface area contributed by atoms with Gasteiger partial charge in [0.15, 0.2) is 5.65 Å². The van der Waals surface area contributed by atoms with Crippen molar-refractivity contribution < 1.29 is 0 Å². The largest absolute Gasteiger partial charge is 0.364 e. The van der Waals surface area contributed by atoms with Crippen molar-refractivity contribution in [3.63, 3.8) is 0 Å². The summed E-state index contributed by atoms with van der Waals surface area (Å²) in [5.74, 6) is 0. The quantitative estimate of drug-likeness (QED) is 0.407. The summed E-state index contributed by atoms with van der Waals surface area (Å²) in [6, 6.07) is 6.83. The maximum atomic E-state index is 12.9. The molecule has 0 radical (unpaired) electrons. The summed E-state index contributed by atoms with van der Waals surface area (Å²) in [6.45, 7) is 8.52. The molecule has 1 fully saturated rings. The van der Waals surface area contributed by atoms with E-state index in [4.69, 9.17) is 10.4 Å². The van der Waals surface area contributed by atoms with Gasteiger partial charge in [-0.15, -0.1) is 11.3 Å². The van der Waals surface area contributed by atoms with E-state index < -0.39 is 0 Å². The third-order valence-electron chi connectivity index (χ3n) is 7.35. The van der Waals surface area contributed by atoms with Crippen LogP contribution >= 0.6 is 11.3 Å². The number of pyridine rings is 2. The van der Waals surface area contributed by atoms with Crippen molar-refractivity contribution in [1.82, 2.24) is 29.2 Å². The van der Waals surface area contributed by atoms with Crippen molar-refractivity contribution in [1.29, 1.82) is 5.26 Å². The first-order valence-corrected chi connectivity index (χ1v) is 13.0. The number of piperazine rings is 1. The Hall–Kier alpha value is -3.29. The Morgan fingerprint density at radius 1 is 1.20 bits per heavy atom. The van der Waals surface area contributed by atoms with E-state index in [1.165, 1.54) is 5.56 Å². The van der Waals surface area contributed by atoms with Crippen LogP contribution in [0.1, 0.15) is 45.2 Å². The van der Waals surface area contributed by atoms with Crippen LogP contribution in [0.5, 0.6) is 0 Å². The van der Waals surface area contributed by atoms with Gasteiger partial charge >= 0.3 is 0 Å². The molecule has 5 rings (SSSR count). The lowest BCUT2D eigenvalue weighted by Gasteiger charge is -2.49. The SMILES string of the molecule is CC[C@H]1CN(C(C)c2cnc3ncsc3c2)[C@H](CC)CN1c1cc(=O)n(C)c2cn(CC#N)nc12. The molecule has 0 aromatic carbocycles. The number of thiazole rings is 1. The zero-order valence-electron chi connectivity index (χ0n) is 20.5. The maximum Gasteiger partial charge on any atom is 0.252 e. The minimum absolute atomic E-state index is 0.0633. The fraction of sp³-hybridized carbons (Fsp3) is 0.480. The molecule has 1 unspecified atom stereocenters. The van der Waals surface area contributed by atoms with Gasteiger partial charge in [0.1, 0.15) is 12.1 Å². The van der Waals surface area contributed by atoms with Gasteiger partial charge in [0.25, 0.3) is 5.56 Å². The van der Waals surface area contributed by atoms with Crippen LogP contribution in [0.15, 0.2) is 34.8 Å². The highest BCUT2D eigenvalue weighted by atomic mass is 32.1. The number of aromatic nitrogens is 5.